The molecule has 1 fully saturated rings. The summed E-state index contributed by atoms with van der Waals surface area (Å²) in [6.07, 6.45) is 2.30. The number of benzene rings is 1. The Labute approximate surface area is 145 Å². The zero-order chi connectivity index (χ0) is 16.9. The maximum Gasteiger partial charge on any atom is 0.254 e. The molecule has 0 saturated carbocycles. The maximum absolute atomic E-state index is 12.6. The number of aromatic nitrogens is 1. The second kappa shape index (κ2) is 7.57. The van der Waals surface area contributed by atoms with Gasteiger partial charge in [0, 0.05) is 30.5 Å². The van der Waals surface area contributed by atoms with Crippen LogP contribution in [0, 0.1) is 6.92 Å². The molecule has 0 bridgehead atoms. The molecule has 1 aliphatic heterocycles. The molecule has 0 spiro atoms. The standard InChI is InChI=1S/C18H21N3O2S/c1-13-20-15(12-24-13)9-10-19-17(22)16-8-5-11-21(16)18(23)14-6-3-2-4-7-14/h2-4,6-7,12,16H,5,8-11H2,1H3,(H,19,22)/t16-/m1/s1. The van der Waals surface area contributed by atoms with Crippen LogP contribution in [-0.2, 0) is 11.2 Å². The first-order valence-corrected chi connectivity index (χ1v) is 9.08. The summed E-state index contributed by atoms with van der Waals surface area (Å²) in [5.41, 5.74) is 1.64. The largest absolute Gasteiger partial charge is 0.354 e. The van der Waals surface area contributed by atoms with Gasteiger partial charge in [-0.15, -0.1) is 11.3 Å². The molecule has 2 heterocycles. The van der Waals surface area contributed by atoms with E-state index in [2.05, 4.69) is 10.3 Å². The van der Waals surface area contributed by atoms with Crippen LogP contribution in [0.2, 0.25) is 0 Å². The van der Waals surface area contributed by atoms with E-state index in [0.717, 1.165) is 30.0 Å². The third-order valence-corrected chi connectivity index (χ3v) is 5.01. The van der Waals surface area contributed by atoms with Crippen molar-refractivity contribution in [1.82, 2.24) is 15.2 Å². The number of carbonyl (C=O) groups excluding carboxylic acids is 2. The molecule has 0 radical (unpaired) electrons. The summed E-state index contributed by atoms with van der Waals surface area (Å²) < 4.78 is 0. The Kier molecular flexibility index (Phi) is 5.25. The zero-order valence-electron chi connectivity index (χ0n) is 13.7. The minimum absolute atomic E-state index is 0.0660. The second-order valence-electron chi connectivity index (χ2n) is 5.92. The molecule has 1 aromatic heterocycles. The Hall–Kier alpha value is -2.21. The van der Waals surface area contributed by atoms with Crippen LogP contribution >= 0.6 is 11.3 Å². The van der Waals surface area contributed by atoms with Gasteiger partial charge in [-0.1, -0.05) is 18.2 Å². The van der Waals surface area contributed by atoms with Crippen LogP contribution in [0.25, 0.3) is 0 Å². The lowest BCUT2D eigenvalue weighted by Crippen LogP contribution is -2.46. The molecule has 5 nitrogen and oxygen atoms in total. The SMILES string of the molecule is Cc1nc(CCNC(=O)[C@H]2CCCN2C(=O)c2ccccc2)cs1. The van der Waals surface area contributed by atoms with Gasteiger partial charge < -0.3 is 10.2 Å². The summed E-state index contributed by atoms with van der Waals surface area (Å²) in [5.74, 6) is -0.132. The molecule has 1 aliphatic rings. The van der Waals surface area contributed by atoms with Gasteiger partial charge in [0.1, 0.15) is 6.04 Å². The first kappa shape index (κ1) is 16.6. The topological polar surface area (TPSA) is 62.3 Å². The lowest BCUT2D eigenvalue weighted by atomic mass is 10.1. The summed E-state index contributed by atoms with van der Waals surface area (Å²) in [4.78, 5) is 31.1. The minimum atomic E-state index is -0.366. The highest BCUT2D eigenvalue weighted by molar-refractivity contribution is 7.09. The summed E-state index contributed by atoms with van der Waals surface area (Å²) in [6, 6.07) is 8.78. The number of likely N-dealkylation sites (tertiary alicyclic amines) is 1. The van der Waals surface area contributed by atoms with E-state index in [1.54, 1.807) is 28.4 Å². The van der Waals surface area contributed by atoms with Crippen molar-refractivity contribution in [2.45, 2.75) is 32.2 Å². The molecule has 1 saturated heterocycles. The monoisotopic (exact) mass is 343 g/mol. The van der Waals surface area contributed by atoms with Gasteiger partial charge in [-0.25, -0.2) is 4.98 Å². The Bertz CT molecular complexity index is 714. The van der Waals surface area contributed by atoms with Crippen LogP contribution < -0.4 is 5.32 Å². The molecule has 2 amide bonds. The van der Waals surface area contributed by atoms with Gasteiger partial charge in [0.2, 0.25) is 5.91 Å². The Morgan fingerprint density at radius 2 is 2.12 bits per heavy atom. The van der Waals surface area contributed by atoms with Crippen LogP contribution in [0.15, 0.2) is 35.7 Å². The Morgan fingerprint density at radius 3 is 2.83 bits per heavy atom. The maximum atomic E-state index is 12.6. The summed E-state index contributed by atoms with van der Waals surface area (Å²) in [7, 11) is 0. The number of carbonyl (C=O) groups is 2. The fourth-order valence-corrected chi connectivity index (χ4v) is 3.63. The summed E-state index contributed by atoms with van der Waals surface area (Å²) in [6.45, 7) is 3.15. The predicted octanol–water partition coefficient (Wildman–Crippen LogP) is 2.42. The van der Waals surface area contributed by atoms with Crippen molar-refractivity contribution >= 4 is 23.2 Å². The van der Waals surface area contributed by atoms with E-state index in [9.17, 15) is 9.59 Å². The smallest absolute Gasteiger partial charge is 0.254 e. The van der Waals surface area contributed by atoms with E-state index in [0.29, 0.717) is 18.7 Å². The van der Waals surface area contributed by atoms with Gasteiger partial charge in [-0.2, -0.15) is 0 Å². The first-order chi connectivity index (χ1) is 11.6. The third kappa shape index (κ3) is 3.82. The quantitative estimate of drug-likeness (QED) is 0.907. The van der Waals surface area contributed by atoms with Gasteiger partial charge >= 0.3 is 0 Å². The average molecular weight is 343 g/mol. The molecule has 0 aliphatic carbocycles. The number of hydrogen-bond acceptors (Lipinski definition) is 4. The van der Waals surface area contributed by atoms with Crippen LogP contribution in [0.3, 0.4) is 0 Å². The van der Waals surface area contributed by atoms with Crippen LogP contribution in [0.4, 0.5) is 0 Å². The van der Waals surface area contributed by atoms with Crippen LogP contribution in [0.1, 0.15) is 33.9 Å². The van der Waals surface area contributed by atoms with Crippen LogP contribution in [-0.4, -0.2) is 40.8 Å². The number of thiazole rings is 1. The van der Waals surface area contributed by atoms with Gasteiger partial charge in [-0.3, -0.25) is 9.59 Å². The molecule has 1 aromatic carbocycles. The molecule has 0 unspecified atom stereocenters. The van der Waals surface area contributed by atoms with Crippen molar-refractivity contribution in [3.63, 3.8) is 0 Å². The zero-order valence-corrected chi connectivity index (χ0v) is 14.5. The number of rotatable bonds is 5. The van der Waals surface area contributed by atoms with E-state index in [4.69, 9.17) is 0 Å². The van der Waals surface area contributed by atoms with E-state index in [1.807, 2.05) is 30.5 Å². The molecule has 6 heteroatoms. The molecular weight excluding hydrogens is 322 g/mol. The number of nitrogens with one attached hydrogen (secondary N) is 1. The van der Waals surface area contributed by atoms with Crippen molar-refractivity contribution < 1.29 is 9.59 Å². The van der Waals surface area contributed by atoms with Crippen molar-refractivity contribution in [2.24, 2.45) is 0 Å². The lowest BCUT2D eigenvalue weighted by molar-refractivity contribution is -0.124. The van der Waals surface area contributed by atoms with Crippen LogP contribution in [0.5, 0.6) is 0 Å². The van der Waals surface area contributed by atoms with Crippen molar-refractivity contribution in [3.05, 3.63) is 52.0 Å². The molecule has 126 valence electrons. The number of aryl methyl sites for hydroxylation is 1. The Morgan fingerprint density at radius 1 is 1.33 bits per heavy atom. The fraction of sp³-hybridized carbons (Fsp3) is 0.389. The predicted molar refractivity (Wildman–Crippen MR) is 94.1 cm³/mol. The average Bonchev–Trinajstić information content (AvgIpc) is 3.24. The van der Waals surface area contributed by atoms with Crippen molar-refractivity contribution in [3.8, 4) is 0 Å². The molecule has 24 heavy (non-hydrogen) atoms. The summed E-state index contributed by atoms with van der Waals surface area (Å²) in [5, 5.41) is 6.00. The molecule has 1 N–H and O–H groups in total. The highest BCUT2D eigenvalue weighted by Crippen LogP contribution is 2.20. The molecule has 2 aromatic rings. The number of amides is 2. The molecular formula is C18H21N3O2S. The van der Waals surface area contributed by atoms with E-state index in [-0.39, 0.29) is 17.9 Å². The molecule has 3 rings (SSSR count). The highest BCUT2D eigenvalue weighted by Gasteiger charge is 2.34. The molecule has 1 atom stereocenters. The van der Waals surface area contributed by atoms with Gasteiger partial charge in [-0.05, 0) is 31.9 Å². The normalized spacial score (nSPS) is 17.0. The van der Waals surface area contributed by atoms with Gasteiger partial charge in [0.25, 0.3) is 5.91 Å². The summed E-state index contributed by atoms with van der Waals surface area (Å²) >= 11 is 1.61. The van der Waals surface area contributed by atoms with E-state index >= 15 is 0 Å². The first-order valence-electron chi connectivity index (χ1n) is 8.20. The number of nitrogens with zero attached hydrogens (tertiary/aromatic N) is 2. The van der Waals surface area contributed by atoms with Crippen molar-refractivity contribution in [2.75, 3.05) is 13.1 Å². The second-order valence-corrected chi connectivity index (χ2v) is 6.98. The number of hydrogen-bond donors (Lipinski definition) is 1. The van der Waals surface area contributed by atoms with E-state index in [1.165, 1.54) is 0 Å². The third-order valence-electron chi connectivity index (χ3n) is 4.18. The van der Waals surface area contributed by atoms with Crippen molar-refractivity contribution in [1.29, 1.82) is 0 Å². The van der Waals surface area contributed by atoms with Gasteiger partial charge in [0.15, 0.2) is 0 Å². The minimum Gasteiger partial charge on any atom is -0.354 e. The Balaban J connectivity index is 1.56. The lowest BCUT2D eigenvalue weighted by Gasteiger charge is -2.24. The highest BCUT2D eigenvalue weighted by atomic mass is 32.1. The van der Waals surface area contributed by atoms with E-state index < -0.39 is 0 Å². The fourth-order valence-electron chi connectivity index (χ4n) is 2.98. The van der Waals surface area contributed by atoms with Gasteiger partial charge in [0.05, 0.1) is 10.7 Å².